The largest absolute Gasteiger partial charge is 0.481 e. The first-order chi connectivity index (χ1) is 27.4. The number of hydrogen-bond donors (Lipinski definition) is 9. The lowest BCUT2D eigenvalue weighted by Crippen LogP contribution is -2.02. The molecule has 0 atom stereocenters. The molecule has 0 amide bonds. The Hall–Kier alpha value is -7.11. The molecule has 0 aliphatic carbocycles. The molecule has 304 valence electrons. The first-order valence-electron chi connectivity index (χ1n) is 18.1. The molecule has 9 N–H and O–H groups in total. The number of H-pyrrole nitrogens is 2. The van der Waals surface area contributed by atoms with E-state index in [0.717, 1.165) is 0 Å². The third-order valence-corrected chi connectivity index (χ3v) is 9.91. The average Bonchev–Trinajstić information content (AvgIpc) is 3.80. The molecule has 18 nitrogen and oxygen atoms in total. The summed E-state index contributed by atoms with van der Waals surface area (Å²) in [6, 6.07) is 6.07. The second-order valence-electron chi connectivity index (χ2n) is 13.8. The molecule has 0 spiro atoms. The van der Waals surface area contributed by atoms with Gasteiger partial charge in [-0.1, -0.05) is 0 Å². The summed E-state index contributed by atoms with van der Waals surface area (Å²) in [7, 11) is 0. The minimum Gasteiger partial charge on any atom is -0.481 e. The van der Waals surface area contributed by atoms with Crippen LogP contribution in [0.15, 0.2) is 24.3 Å². The maximum Gasteiger partial charge on any atom is 0.307 e. The van der Waals surface area contributed by atoms with Crippen LogP contribution in [0.5, 0.6) is 0 Å². The number of carbonyl (C=O) groups is 7. The number of fused-ring (bicyclic) bond motifs is 8. The van der Waals surface area contributed by atoms with E-state index in [9.17, 15) is 69.3 Å². The highest BCUT2D eigenvalue weighted by molar-refractivity contribution is 6.02. The van der Waals surface area contributed by atoms with Gasteiger partial charge in [-0.05, 0) is 108 Å². The molecular formula is C40H40N4O14. The number of hydrogen-bond acceptors (Lipinski definition) is 9. The van der Waals surface area contributed by atoms with Gasteiger partial charge in [0.2, 0.25) is 0 Å². The van der Waals surface area contributed by atoms with E-state index < -0.39 is 67.5 Å². The van der Waals surface area contributed by atoms with Crippen molar-refractivity contribution < 1.29 is 69.3 Å². The number of aryl methyl sites for hydroxylation is 4. The van der Waals surface area contributed by atoms with Crippen LogP contribution in [-0.4, -0.2) is 97.5 Å². The Balaban J connectivity index is 2.04. The molecule has 0 fully saturated rings. The average molecular weight is 801 g/mol. The first kappa shape index (κ1) is 42.0. The van der Waals surface area contributed by atoms with E-state index in [4.69, 9.17) is 9.97 Å². The van der Waals surface area contributed by atoms with Crippen LogP contribution in [0, 0.1) is 6.92 Å². The zero-order chi connectivity index (χ0) is 42.4. The predicted molar refractivity (Wildman–Crippen MR) is 205 cm³/mol. The molecule has 3 aromatic rings. The Kier molecular flexibility index (Phi) is 12.9. The molecule has 0 radical (unpaired) electrons. The molecule has 0 aromatic carbocycles. The van der Waals surface area contributed by atoms with Crippen LogP contribution in [-0.2, 0) is 52.8 Å². The Morgan fingerprint density at radius 3 is 1.17 bits per heavy atom. The highest BCUT2D eigenvalue weighted by Gasteiger charge is 2.28. The number of carboxylic acids is 7. The zero-order valence-corrected chi connectivity index (χ0v) is 31.2. The van der Waals surface area contributed by atoms with Crippen LogP contribution in [0.25, 0.3) is 44.4 Å². The molecule has 0 saturated heterocycles. The molecule has 2 aliphatic rings. The number of aliphatic carboxylic acids is 7. The van der Waals surface area contributed by atoms with E-state index in [1.165, 1.54) is 18.2 Å². The van der Waals surface area contributed by atoms with Crippen LogP contribution in [0.2, 0.25) is 0 Å². The number of aromatic amines is 2. The third kappa shape index (κ3) is 10.00. The van der Waals surface area contributed by atoms with Crippen molar-refractivity contribution in [2.24, 2.45) is 0 Å². The van der Waals surface area contributed by atoms with Gasteiger partial charge in [0.15, 0.2) is 0 Å². The summed E-state index contributed by atoms with van der Waals surface area (Å²) < 4.78 is 0. The number of allylic oxidation sites excluding steroid dienone is 2. The third-order valence-electron chi connectivity index (χ3n) is 9.91. The number of rotatable bonds is 19. The maximum atomic E-state index is 12.3. The molecule has 58 heavy (non-hydrogen) atoms. The van der Waals surface area contributed by atoms with Crippen molar-refractivity contribution in [1.82, 2.24) is 19.9 Å². The summed E-state index contributed by atoms with van der Waals surface area (Å²) in [5.74, 6) is -8.29. The van der Waals surface area contributed by atoms with Gasteiger partial charge in [-0.25, -0.2) is 9.97 Å². The topological polar surface area (TPSA) is 318 Å². The lowest BCUT2D eigenvalue weighted by Gasteiger charge is -2.07. The molecule has 0 unspecified atom stereocenters. The van der Waals surface area contributed by atoms with Crippen LogP contribution >= 0.6 is 0 Å². The fourth-order valence-corrected chi connectivity index (χ4v) is 7.29. The Morgan fingerprint density at radius 1 is 0.414 bits per heavy atom. The maximum absolute atomic E-state index is 12.3. The van der Waals surface area contributed by atoms with E-state index in [1.807, 2.05) is 0 Å². The minimum atomic E-state index is -1.29. The lowest BCUT2D eigenvalue weighted by atomic mass is 9.95. The van der Waals surface area contributed by atoms with Gasteiger partial charge >= 0.3 is 41.8 Å². The number of nitrogens with one attached hydrogen (secondary N) is 2. The molecule has 18 heteroatoms. The smallest absolute Gasteiger partial charge is 0.307 e. The van der Waals surface area contributed by atoms with Crippen molar-refractivity contribution in [1.29, 1.82) is 0 Å². The van der Waals surface area contributed by atoms with Gasteiger partial charge in [-0.3, -0.25) is 33.6 Å². The molecule has 0 saturated carbocycles. The number of carboxylic acid groups (broad SMARTS) is 7. The highest BCUT2D eigenvalue weighted by Crippen LogP contribution is 2.40. The van der Waals surface area contributed by atoms with Gasteiger partial charge in [-0.2, -0.15) is 0 Å². The molecule has 8 bridgehead atoms. The summed E-state index contributed by atoms with van der Waals surface area (Å²) >= 11 is 0. The summed E-state index contributed by atoms with van der Waals surface area (Å²) in [6.45, 7) is 1.73. The molecule has 5 rings (SSSR count). The van der Waals surface area contributed by atoms with Gasteiger partial charge in [0.05, 0.1) is 35.6 Å². The normalized spacial score (nSPS) is 12.5. The van der Waals surface area contributed by atoms with Crippen molar-refractivity contribution >= 4 is 86.1 Å². The summed E-state index contributed by atoms with van der Waals surface area (Å²) in [4.78, 5) is 99.6. The predicted octanol–water partition coefficient (Wildman–Crippen LogP) is 5.18. The second-order valence-corrected chi connectivity index (χ2v) is 13.8. The van der Waals surface area contributed by atoms with Gasteiger partial charge in [0, 0.05) is 54.2 Å². The summed E-state index contributed by atoms with van der Waals surface area (Å²) in [5, 5.41) is 68.2. The van der Waals surface area contributed by atoms with Crippen molar-refractivity contribution in [3.05, 3.63) is 69.3 Å². The SMILES string of the molecule is Cc1c(CCC(=O)O)c2cc3nc(cc4nc(cc5[nH]c(cc1[nH]2)c(CCC(=O)O)c5CCC(=O)O)C(CCC(=O)O)=C4CC(=O)O)C(CCC(=O)O)=C3CC(=O)O. The van der Waals surface area contributed by atoms with Crippen LogP contribution in [0.1, 0.15) is 103 Å². The van der Waals surface area contributed by atoms with E-state index in [2.05, 4.69) is 9.97 Å². The van der Waals surface area contributed by atoms with E-state index in [1.54, 1.807) is 13.0 Å². The van der Waals surface area contributed by atoms with E-state index >= 15 is 0 Å². The van der Waals surface area contributed by atoms with Gasteiger partial charge in [0.1, 0.15) is 0 Å². The standard InChI is InChI=1S/C40H40N4O14/c1-18-19(2-7-34(45)46)27-15-32-24(12-39(55)56)23(6-11-38(53)54)31(44-32)17-33-25(13-40(57)58)22(5-10-37(51)52)30(43-33)16-29-21(4-9-36(49)50)20(3-8-35(47)48)28(42-29)14-26(18)41-27/h14-17,41-42H,2-13H2,1H3,(H,45,46)(H,47,48)(H,49,50)(H,51,52)(H,53,54)(H,55,56)(H,57,58). The van der Waals surface area contributed by atoms with Gasteiger partial charge < -0.3 is 45.7 Å². The van der Waals surface area contributed by atoms with Crippen LogP contribution in [0.4, 0.5) is 0 Å². The van der Waals surface area contributed by atoms with Crippen molar-refractivity contribution in [3.8, 4) is 0 Å². The zero-order valence-electron chi connectivity index (χ0n) is 31.2. The minimum absolute atomic E-state index is 0.0221. The second kappa shape index (κ2) is 17.8. The lowest BCUT2D eigenvalue weighted by molar-refractivity contribution is -0.138. The van der Waals surface area contributed by atoms with Gasteiger partial charge in [-0.15, -0.1) is 0 Å². The van der Waals surface area contributed by atoms with Crippen LogP contribution in [0.3, 0.4) is 0 Å². The quantitative estimate of drug-likeness (QED) is 0.0754. The highest BCUT2D eigenvalue weighted by atomic mass is 16.4. The fraction of sp³-hybridized carbons (Fsp3) is 0.325. The Labute approximate surface area is 328 Å². The molecule has 2 aliphatic heterocycles. The summed E-state index contributed by atoms with van der Waals surface area (Å²) in [6.07, 6.45) is -3.55. The van der Waals surface area contributed by atoms with Crippen molar-refractivity contribution in [3.63, 3.8) is 0 Å². The molecule has 5 heterocycles. The molecule has 3 aromatic heterocycles. The summed E-state index contributed by atoms with van der Waals surface area (Å²) in [5.41, 5.74) is 4.53. The Morgan fingerprint density at radius 2 is 0.741 bits per heavy atom. The van der Waals surface area contributed by atoms with E-state index in [-0.39, 0.29) is 96.4 Å². The number of aromatic nitrogens is 4. The Bertz CT molecular complexity index is 2490. The number of nitrogens with zero attached hydrogens (tertiary/aromatic N) is 2. The first-order valence-corrected chi connectivity index (χ1v) is 18.1. The molecular weight excluding hydrogens is 760 g/mol. The van der Waals surface area contributed by atoms with E-state index in [0.29, 0.717) is 44.3 Å². The fourth-order valence-electron chi connectivity index (χ4n) is 7.29. The monoisotopic (exact) mass is 800 g/mol. The van der Waals surface area contributed by atoms with Crippen molar-refractivity contribution in [2.75, 3.05) is 0 Å². The van der Waals surface area contributed by atoms with Crippen molar-refractivity contribution in [2.45, 2.75) is 84.0 Å². The van der Waals surface area contributed by atoms with Crippen LogP contribution < -0.4 is 0 Å². The van der Waals surface area contributed by atoms with Gasteiger partial charge in [0.25, 0.3) is 0 Å².